The van der Waals surface area contributed by atoms with Crippen LogP contribution in [0.2, 0.25) is 0 Å². The quantitative estimate of drug-likeness (QED) is 0.542. The van der Waals surface area contributed by atoms with Crippen molar-refractivity contribution in [2.75, 3.05) is 13.1 Å². The van der Waals surface area contributed by atoms with Crippen molar-refractivity contribution in [1.29, 1.82) is 0 Å². The number of hydrogen-bond donors (Lipinski definition) is 1. The Hall–Kier alpha value is -2.46. The maximum Gasteiger partial charge on any atom is 0.126 e. The Balaban J connectivity index is 1.31. The molecule has 1 aliphatic heterocycles. The fourth-order valence-electron chi connectivity index (χ4n) is 4.05. The van der Waals surface area contributed by atoms with E-state index in [0.717, 1.165) is 43.7 Å². The van der Waals surface area contributed by atoms with E-state index in [1.807, 2.05) is 29.1 Å². The van der Waals surface area contributed by atoms with Gasteiger partial charge in [-0.25, -0.2) is 13.8 Å². The van der Waals surface area contributed by atoms with Crippen molar-refractivity contribution in [2.24, 2.45) is 0 Å². The first kappa shape index (κ1) is 21.8. The van der Waals surface area contributed by atoms with Crippen LogP contribution in [0.1, 0.15) is 41.1 Å². The summed E-state index contributed by atoms with van der Waals surface area (Å²) in [5.74, 6) is -0.1000. The van der Waals surface area contributed by atoms with Crippen LogP contribution in [0.3, 0.4) is 0 Å². The van der Waals surface area contributed by atoms with Gasteiger partial charge in [-0.2, -0.15) is 0 Å². The number of aromatic nitrogens is 3. The molecule has 0 saturated carbocycles. The smallest absolute Gasteiger partial charge is 0.126 e. The minimum Gasteiger partial charge on any atom is -0.760 e. The lowest BCUT2D eigenvalue weighted by Crippen LogP contribution is -2.32. The highest BCUT2D eigenvalue weighted by Crippen LogP contribution is 2.31. The molecule has 1 unspecified atom stereocenters. The molecule has 3 aromatic rings. The van der Waals surface area contributed by atoms with Gasteiger partial charge in [-0.05, 0) is 54.6 Å². The third kappa shape index (κ3) is 6.04. The zero-order chi connectivity index (χ0) is 21.6. The Morgan fingerprint density at radius 3 is 2.61 bits per heavy atom. The Kier molecular flexibility index (Phi) is 7.18. The van der Waals surface area contributed by atoms with Crippen LogP contribution in [0.25, 0.3) is 0 Å². The SMILES string of the molecule is O=S([O-])NCc1ccc(F)c(C2CCN(Cc3cn(Cc4ccccc4)nn3)CC2)c1. The molecule has 2 heterocycles. The summed E-state index contributed by atoms with van der Waals surface area (Å²) in [6.45, 7) is 3.29. The molecule has 4 rings (SSSR count). The van der Waals surface area contributed by atoms with Gasteiger partial charge in [-0.1, -0.05) is 47.7 Å². The number of nitrogens with zero attached hydrogens (tertiary/aromatic N) is 4. The summed E-state index contributed by atoms with van der Waals surface area (Å²) in [6.07, 6.45) is 3.67. The topological polar surface area (TPSA) is 86.1 Å². The van der Waals surface area contributed by atoms with E-state index < -0.39 is 11.3 Å². The second kappa shape index (κ2) is 10.2. The summed E-state index contributed by atoms with van der Waals surface area (Å²) in [7, 11) is 0. The predicted molar refractivity (Wildman–Crippen MR) is 115 cm³/mol. The average molecular weight is 443 g/mol. The largest absolute Gasteiger partial charge is 0.760 e. The van der Waals surface area contributed by atoms with Crippen LogP contribution in [-0.2, 0) is 30.9 Å². The lowest BCUT2D eigenvalue weighted by molar-refractivity contribution is 0.201. The van der Waals surface area contributed by atoms with E-state index >= 15 is 0 Å². The third-order valence-corrected chi connectivity index (χ3v) is 6.02. The van der Waals surface area contributed by atoms with Crippen LogP contribution in [0.4, 0.5) is 4.39 Å². The molecular formula is C22H25FN5O2S-. The van der Waals surface area contributed by atoms with Gasteiger partial charge in [-0.15, -0.1) is 5.10 Å². The molecule has 164 valence electrons. The van der Waals surface area contributed by atoms with Gasteiger partial charge in [0.15, 0.2) is 0 Å². The van der Waals surface area contributed by atoms with E-state index in [1.165, 1.54) is 11.6 Å². The molecule has 0 aliphatic carbocycles. The average Bonchev–Trinajstić information content (AvgIpc) is 3.21. The zero-order valence-electron chi connectivity index (χ0n) is 17.1. The Labute approximate surface area is 183 Å². The second-order valence-electron chi connectivity index (χ2n) is 7.86. The predicted octanol–water partition coefficient (Wildman–Crippen LogP) is 2.73. The van der Waals surface area contributed by atoms with Gasteiger partial charge in [-0.3, -0.25) is 9.11 Å². The van der Waals surface area contributed by atoms with Crippen LogP contribution in [0.15, 0.2) is 54.7 Å². The highest BCUT2D eigenvalue weighted by molar-refractivity contribution is 7.77. The molecule has 0 bridgehead atoms. The molecule has 1 atom stereocenters. The van der Waals surface area contributed by atoms with E-state index in [4.69, 9.17) is 0 Å². The highest BCUT2D eigenvalue weighted by atomic mass is 32.2. The van der Waals surface area contributed by atoms with E-state index in [0.29, 0.717) is 12.1 Å². The minimum absolute atomic E-state index is 0.128. The van der Waals surface area contributed by atoms with Gasteiger partial charge < -0.3 is 4.55 Å². The minimum atomic E-state index is -2.33. The summed E-state index contributed by atoms with van der Waals surface area (Å²) in [6, 6.07) is 15.0. The van der Waals surface area contributed by atoms with Crippen molar-refractivity contribution in [3.63, 3.8) is 0 Å². The van der Waals surface area contributed by atoms with E-state index in [9.17, 15) is 13.2 Å². The van der Waals surface area contributed by atoms with Gasteiger partial charge in [0, 0.05) is 24.4 Å². The lowest BCUT2D eigenvalue weighted by atomic mass is 9.88. The van der Waals surface area contributed by atoms with Crippen molar-refractivity contribution in [2.45, 2.75) is 38.4 Å². The third-order valence-electron chi connectivity index (χ3n) is 5.64. The number of nitrogens with one attached hydrogen (secondary N) is 1. The standard InChI is InChI=1S/C22H26FN5O2S/c23-22-7-6-18(13-24-31(29)30)12-21(22)19-8-10-27(11-9-19)15-20-16-28(26-25-20)14-17-4-2-1-3-5-17/h1-7,12,16,19,24H,8-11,13-15H2,(H,29,30)/p-1. The fourth-order valence-corrected chi connectivity index (χ4v) is 4.33. The summed E-state index contributed by atoms with van der Waals surface area (Å²) < 4.78 is 40.0. The van der Waals surface area contributed by atoms with Gasteiger partial charge >= 0.3 is 0 Å². The highest BCUT2D eigenvalue weighted by Gasteiger charge is 2.23. The molecule has 0 spiro atoms. The van der Waals surface area contributed by atoms with Crippen LogP contribution in [-0.4, -0.2) is 41.7 Å². The Morgan fingerprint density at radius 2 is 1.87 bits per heavy atom. The van der Waals surface area contributed by atoms with E-state index in [2.05, 4.69) is 32.1 Å². The molecule has 1 aliphatic rings. The molecule has 7 nitrogen and oxygen atoms in total. The molecule has 1 saturated heterocycles. The number of halogens is 1. The summed E-state index contributed by atoms with van der Waals surface area (Å²) >= 11 is -2.33. The Morgan fingerprint density at radius 1 is 1.10 bits per heavy atom. The van der Waals surface area contributed by atoms with Crippen molar-refractivity contribution < 1.29 is 13.2 Å². The van der Waals surface area contributed by atoms with Crippen LogP contribution < -0.4 is 4.72 Å². The molecule has 0 radical (unpaired) electrons. The van der Waals surface area contributed by atoms with Crippen LogP contribution >= 0.6 is 0 Å². The van der Waals surface area contributed by atoms with Gasteiger partial charge in [0.25, 0.3) is 0 Å². The molecule has 9 heteroatoms. The molecule has 1 aromatic heterocycles. The monoisotopic (exact) mass is 442 g/mol. The van der Waals surface area contributed by atoms with Crippen LogP contribution in [0.5, 0.6) is 0 Å². The van der Waals surface area contributed by atoms with Crippen molar-refractivity contribution in [3.05, 3.63) is 82.9 Å². The summed E-state index contributed by atoms with van der Waals surface area (Å²) in [4.78, 5) is 2.32. The molecule has 0 amide bonds. The maximum absolute atomic E-state index is 14.4. The van der Waals surface area contributed by atoms with Crippen molar-refractivity contribution in [1.82, 2.24) is 24.6 Å². The second-order valence-corrected chi connectivity index (χ2v) is 8.61. The first-order valence-electron chi connectivity index (χ1n) is 10.3. The molecule has 1 N–H and O–H groups in total. The zero-order valence-corrected chi connectivity index (χ0v) is 17.9. The first-order valence-corrected chi connectivity index (χ1v) is 11.4. The van der Waals surface area contributed by atoms with E-state index in [-0.39, 0.29) is 18.3 Å². The van der Waals surface area contributed by atoms with Crippen LogP contribution in [0, 0.1) is 5.82 Å². The van der Waals surface area contributed by atoms with Gasteiger partial charge in [0.05, 0.1) is 18.4 Å². The lowest BCUT2D eigenvalue weighted by Gasteiger charge is -2.32. The number of rotatable bonds is 8. The van der Waals surface area contributed by atoms with Gasteiger partial charge in [0.1, 0.15) is 5.82 Å². The molecular weight excluding hydrogens is 417 g/mol. The van der Waals surface area contributed by atoms with Gasteiger partial charge in [0.2, 0.25) is 0 Å². The fraction of sp³-hybridized carbons (Fsp3) is 0.364. The molecule has 31 heavy (non-hydrogen) atoms. The van der Waals surface area contributed by atoms with Crippen molar-refractivity contribution in [3.8, 4) is 0 Å². The summed E-state index contributed by atoms with van der Waals surface area (Å²) in [5.41, 5.74) is 3.54. The van der Waals surface area contributed by atoms with E-state index in [1.54, 1.807) is 12.1 Å². The molecule has 2 aromatic carbocycles. The number of benzene rings is 2. The molecule has 1 fully saturated rings. The Bertz CT molecular complexity index is 1020. The number of likely N-dealkylation sites (tertiary alicyclic amines) is 1. The van der Waals surface area contributed by atoms with Crippen molar-refractivity contribution >= 4 is 11.3 Å². The number of hydrogen-bond acceptors (Lipinski definition) is 5. The number of piperidine rings is 1. The maximum atomic E-state index is 14.4. The first-order chi connectivity index (χ1) is 15.1. The summed E-state index contributed by atoms with van der Waals surface area (Å²) in [5, 5.41) is 8.53. The normalized spacial score (nSPS) is 16.5.